The van der Waals surface area contributed by atoms with Crippen LogP contribution in [0.1, 0.15) is 39.5 Å². The lowest BCUT2D eigenvalue weighted by atomic mass is 10.1. The minimum atomic E-state index is 0.126. The van der Waals surface area contributed by atoms with Crippen molar-refractivity contribution in [3.8, 4) is 5.88 Å². The summed E-state index contributed by atoms with van der Waals surface area (Å²) in [6, 6.07) is 0.506. The van der Waals surface area contributed by atoms with Gasteiger partial charge in [-0.2, -0.15) is 4.98 Å². The number of hydrogen-bond acceptors (Lipinski definition) is 4. The molecule has 5 heteroatoms. The van der Waals surface area contributed by atoms with Crippen molar-refractivity contribution in [3.63, 3.8) is 0 Å². The predicted octanol–water partition coefficient (Wildman–Crippen LogP) is 3.41. The van der Waals surface area contributed by atoms with E-state index in [1.807, 2.05) is 20.0 Å². The number of ether oxygens (including phenoxy) is 1. The number of anilines is 1. The largest absolute Gasteiger partial charge is 0.474 e. The molecule has 0 saturated carbocycles. The highest BCUT2D eigenvalue weighted by molar-refractivity contribution is 9.09. The SMILES string of the molecule is CC(C)Oc1cncc(N2CCCCCC2CBr)n1. The van der Waals surface area contributed by atoms with Crippen LogP contribution in [0.4, 0.5) is 5.82 Å². The van der Waals surface area contributed by atoms with Gasteiger partial charge < -0.3 is 9.64 Å². The zero-order chi connectivity index (χ0) is 13.7. The van der Waals surface area contributed by atoms with Crippen molar-refractivity contribution in [1.82, 2.24) is 9.97 Å². The Kier molecular flexibility index (Phi) is 5.43. The quantitative estimate of drug-likeness (QED) is 0.794. The second-order valence-corrected chi connectivity index (χ2v) is 5.88. The van der Waals surface area contributed by atoms with Crippen molar-refractivity contribution in [1.29, 1.82) is 0 Å². The lowest BCUT2D eigenvalue weighted by Crippen LogP contribution is -2.36. The van der Waals surface area contributed by atoms with E-state index in [9.17, 15) is 0 Å². The second kappa shape index (κ2) is 7.08. The molecule has 1 fully saturated rings. The van der Waals surface area contributed by atoms with Crippen molar-refractivity contribution >= 4 is 21.7 Å². The number of aromatic nitrogens is 2. The first kappa shape index (κ1) is 14.6. The van der Waals surface area contributed by atoms with Gasteiger partial charge in [-0.25, -0.2) is 0 Å². The molecule has 0 bridgehead atoms. The maximum absolute atomic E-state index is 5.63. The first-order valence-electron chi connectivity index (χ1n) is 7.02. The fourth-order valence-electron chi connectivity index (χ4n) is 2.41. The smallest absolute Gasteiger partial charge is 0.234 e. The molecule has 0 N–H and O–H groups in total. The molecule has 0 spiro atoms. The summed E-state index contributed by atoms with van der Waals surface area (Å²) in [6.07, 6.45) is 8.68. The highest BCUT2D eigenvalue weighted by atomic mass is 79.9. The molecule has 2 heterocycles. The Balaban J connectivity index is 2.18. The molecule has 0 amide bonds. The third-order valence-corrected chi connectivity index (χ3v) is 4.05. The maximum atomic E-state index is 5.63. The van der Waals surface area contributed by atoms with E-state index in [-0.39, 0.29) is 6.10 Å². The fraction of sp³-hybridized carbons (Fsp3) is 0.714. The Morgan fingerprint density at radius 3 is 2.95 bits per heavy atom. The van der Waals surface area contributed by atoms with Crippen molar-refractivity contribution < 1.29 is 4.74 Å². The Bertz CT molecular complexity index is 400. The molecule has 106 valence electrons. The first-order valence-corrected chi connectivity index (χ1v) is 8.14. The summed E-state index contributed by atoms with van der Waals surface area (Å²) in [4.78, 5) is 11.2. The van der Waals surface area contributed by atoms with Crippen LogP contribution in [-0.2, 0) is 0 Å². The Hall–Kier alpha value is -0.840. The Morgan fingerprint density at radius 2 is 2.21 bits per heavy atom. The molecule has 1 aliphatic heterocycles. The molecule has 4 nitrogen and oxygen atoms in total. The van der Waals surface area contributed by atoms with Crippen LogP contribution >= 0.6 is 15.9 Å². The van der Waals surface area contributed by atoms with Gasteiger partial charge in [0.1, 0.15) is 0 Å². The summed E-state index contributed by atoms with van der Waals surface area (Å²) in [5.41, 5.74) is 0. The molecule has 1 atom stereocenters. The van der Waals surface area contributed by atoms with E-state index in [0.29, 0.717) is 11.9 Å². The molecular formula is C14H22BrN3O. The standard InChI is InChI=1S/C14H22BrN3O/c1-11(2)19-14-10-16-9-13(17-14)18-7-5-3-4-6-12(18)8-15/h9-12H,3-8H2,1-2H3. The first-order chi connectivity index (χ1) is 9.20. The van der Waals surface area contributed by atoms with Crippen molar-refractivity contribution in [2.75, 3.05) is 16.8 Å². The minimum absolute atomic E-state index is 0.126. The highest BCUT2D eigenvalue weighted by Gasteiger charge is 2.22. The van der Waals surface area contributed by atoms with Gasteiger partial charge in [-0.3, -0.25) is 4.98 Å². The summed E-state index contributed by atoms with van der Waals surface area (Å²) < 4.78 is 5.63. The molecule has 0 aliphatic carbocycles. The second-order valence-electron chi connectivity index (χ2n) is 5.23. The molecule has 0 aromatic carbocycles. The topological polar surface area (TPSA) is 38.2 Å². The highest BCUT2D eigenvalue weighted by Crippen LogP contribution is 2.24. The number of alkyl halides is 1. The van der Waals surface area contributed by atoms with Crippen LogP contribution in [0.3, 0.4) is 0 Å². The number of halogens is 1. The van der Waals surface area contributed by atoms with Crippen molar-refractivity contribution in [3.05, 3.63) is 12.4 Å². The summed E-state index contributed by atoms with van der Waals surface area (Å²) in [7, 11) is 0. The van der Waals surface area contributed by atoms with Crippen LogP contribution in [0.15, 0.2) is 12.4 Å². The van der Waals surface area contributed by atoms with Gasteiger partial charge in [0.25, 0.3) is 0 Å². The number of rotatable bonds is 4. The number of nitrogens with zero attached hydrogens (tertiary/aromatic N) is 3. The van der Waals surface area contributed by atoms with Crippen LogP contribution in [0.2, 0.25) is 0 Å². The Morgan fingerprint density at radius 1 is 1.37 bits per heavy atom. The average Bonchev–Trinajstić information content (AvgIpc) is 2.63. The molecule has 1 saturated heterocycles. The number of hydrogen-bond donors (Lipinski definition) is 0. The summed E-state index contributed by atoms with van der Waals surface area (Å²) in [5, 5.41) is 0.976. The van der Waals surface area contributed by atoms with E-state index in [4.69, 9.17) is 4.74 Å². The lowest BCUT2D eigenvalue weighted by molar-refractivity contribution is 0.231. The fourth-order valence-corrected chi connectivity index (χ4v) is 3.09. The molecule has 19 heavy (non-hydrogen) atoms. The van der Waals surface area contributed by atoms with Crippen LogP contribution in [0.5, 0.6) is 5.88 Å². The maximum Gasteiger partial charge on any atom is 0.234 e. The summed E-state index contributed by atoms with van der Waals surface area (Å²) >= 11 is 3.62. The molecule has 1 aliphatic rings. The van der Waals surface area contributed by atoms with Crippen LogP contribution in [0, 0.1) is 0 Å². The zero-order valence-electron chi connectivity index (χ0n) is 11.7. The Labute approximate surface area is 123 Å². The molecule has 1 aromatic rings. The van der Waals surface area contributed by atoms with E-state index in [1.54, 1.807) is 6.20 Å². The van der Waals surface area contributed by atoms with Crippen molar-refractivity contribution in [2.24, 2.45) is 0 Å². The van der Waals surface area contributed by atoms with Crippen LogP contribution in [0.25, 0.3) is 0 Å². The van der Waals surface area contributed by atoms with Gasteiger partial charge in [0, 0.05) is 17.9 Å². The van der Waals surface area contributed by atoms with Gasteiger partial charge in [0.05, 0.1) is 18.5 Å². The van der Waals surface area contributed by atoms with E-state index < -0.39 is 0 Å². The van der Waals surface area contributed by atoms with E-state index >= 15 is 0 Å². The van der Waals surface area contributed by atoms with E-state index in [0.717, 1.165) is 17.7 Å². The van der Waals surface area contributed by atoms with Gasteiger partial charge in [-0.1, -0.05) is 28.8 Å². The summed E-state index contributed by atoms with van der Waals surface area (Å²) in [6.45, 7) is 5.05. The average molecular weight is 328 g/mol. The van der Waals surface area contributed by atoms with E-state index in [1.165, 1.54) is 25.7 Å². The normalized spacial score (nSPS) is 20.4. The molecule has 1 aromatic heterocycles. The van der Waals surface area contributed by atoms with Crippen LogP contribution in [-0.4, -0.2) is 34.0 Å². The van der Waals surface area contributed by atoms with Gasteiger partial charge in [-0.15, -0.1) is 0 Å². The predicted molar refractivity (Wildman–Crippen MR) is 81.2 cm³/mol. The third-order valence-electron chi connectivity index (χ3n) is 3.31. The third kappa shape index (κ3) is 4.06. The van der Waals surface area contributed by atoms with E-state index in [2.05, 4.69) is 30.8 Å². The van der Waals surface area contributed by atoms with Crippen molar-refractivity contribution in [2.45, 2.75) is 51.7 Å². The molecule has 2 rings (SSSR count). The molecular weight excluding hydrogens is 306 g/mol. The minimum Gasteiger partial charge on any atom is -0.474 e. The van der Waals surface area contributed by atoms with Gasteiger partial charge >= 0.3 is 0 Å². The lowest BCUT2D eigenvalue weighted by Gasteiger charge is -2.29. The molecule has 1 unspecified atom stereocenters. The van der Waals surface area contributed by atoms with Gasteiger partial charge in [0.2, 0.25) is 5.88 Å². The zero-order valence-corrected chi connectivity index (χ0v) is 13.3. The van der Waals surface area contributed by atoms with Crippen LogP contribution < -0.4 is 9.64 Å². The monoisotopic (exact) mass is 327 g/mol. The van der Waals surface area contributed by atoms with Gasteiger partial charge in [0.15, 0.2) is 5.82 Å². The summed E-state index contributed by atoms with van der Waals surface area (Å²) in [5.74, 6) is 1.55. The molecule has 0 radical (unpaired) electrons. The van der Waals surface area contributed by atoms with Gasteiger partial charge in [-0.05, 0) is 26.7 Å².